The Hall–Kier alpha value is -2.57. The van der Waals surface area contributed by atoms with Crippen molar-refractivity contribution in [3.8, 4) is 5.75 Å². The Morgan fingerprint density at radius 1 is 1.33 bits per heavy atom. The number of para-hydroxylation sites is 2. The average Bonchev–Trinajstić information content (AvgIpc) is 3.05. The standard InChI is InChI=1S/C17H20N2O5/c1-11-16(21)19(12-5-2-3-7-14(12)24-11)10-8-15(20)18-9-4-6-13(18)17(22)23/h2-3,5,7,11,13H,4,6,8-10H2,1H3,(H,22,23)/t11-,13+/m0/s1. The molecule has 1 fully saturated rings. The molecule has 7 heteroatoms. The van der Waals surface area contributed by atoms with Crippen molar-refractivity contribution < 1.29 is 24.2 Å². The first kappa shape index (κ1) is 16.3. The van der Waals surface area contributed by atoms with Gasteiger partial charge in [0.1, 0.15) is 11.8 Å². The third-order valence-electron chi connectivity index (χ3n) is 4.48. The van der Waals surface area contributed by atoms with Crippen molar-refractivity contribution in [2.24, 2.45) is 0 Å². The highest BCUT2D eigenvalue weighted by Crippen LogP contribution is 2.33. The van der Waals surface area contributed by atoms with Crippen LogP contribution >= 0.6 is 0 Å². The highest BCUT2D eigenvalue weighted by atomic mass is 16.5. The molecular weight excluding hydrogens is 312 g/mol. The van der Waals surface area contributed by atoms with E-state index in [2.05, 4.69) is 0 Å². The molecule has 0 aliphatic carbocycles. The Balaban J connectivity index is 1.71. The van der Waals surface area contributed by atoms with E-state index in [9.17, 15) is 19.5 Å². The van der Waals surface area contributed by atoms with Gasteiger partial charge in [0.2, 0.25) is 5.91 Å². The molecule has 0 aromatic heterocycles. The summed E-state index contributed by atoms with van der Waals surface area (Å²) in [5.41, 5.74) is 0.643. The van der Waals surface area contributed by atoms with E-state index >= 15 is 0 Å². The van der Waals surface area contributed by atoms with Crippen LogP contribution < -0.4 is 9.64 Å². The van der Waals surface area contributed by atoms with Crippen LogP contribution in [-0.4, -0.2) is 53.0 Å². The van der Waals surface area contributed by atoms with E-state index in [0.29, 0.717) is 30.8 Å². The fraction of sp³-hybridized carbons (Fsp3) is 0.471. The minimum Gasteiger partial charge on any atom is -0.480 e. The summed E-state index contributed by atoms with van der Waals surface area (Å²) in [4.78, 5) is 38.9. The van der Waals surface area contributed by atoms with Gasteiger partial charge in [-0.1, -0.05) is 12.1 Å². The summed E-state index contributed by atoms with van der Waals surface area (Å²) in [6.45, 7) is 2.35. The number of fused-ring (bicyclic) bond motifs is 1. The number of carboxylic acids is 1. The highest BCUT2D eigenvalue weighted by molar-refractivity contribution is 6.00. The summed E-state index contributed by atoms with van der Waals surface area (Å²) in [7, 11) is 0. The molecular formula is C17H20N2O5. The van der Waals surface area contributed by atoms with Crippen molar-refractivity contribution >= 4 is 23.5 Å². The number of amides is 2. The Kier molecular flexibility index (Phi) is 4.42. The fourth-order valence-corrected chi connectivity index (χ4v) is 3.26. The number of carboxylic acid groups (broad SMARTS) is 1. The van der Waals surface area contributed by atoms with Gasteiger partial charge in [0.15, 0.2) is 6.10 Å². The van der Waals surface area contributed by atoms with E-state index in [0.717, 1.165) is 0 Å². The van der Waals surface area contributed by atoms with E-state index < -0.39 is 18.1 Å². The Bertz CT molecular complexity index is 675. The van der Waals surface area contributed by atoms with Crippen molar-refractivity contribution in [2.75, 3.05) is 18.0 Å². The van der Waals surface area contributed by atoms with E-state index in [1.54, 1.807) is 30.0 Å². The predicted octanol–water partition coefficient (Wildman–Crippen LogP) is 1.27. The number of benzene rings is 1. The lowest BCUT2D eigenvalue weighted by Crippen LogP contribution is -2.47. The molecule has 1 aromatic carbocycles. The van der Waals surface area contributed by atoms with Crippen LogP contribution in [0.15, 0.2) is 24.3 Å². The number of aliphatic carboxylic acids is 1. The largest absolute Gasteiger partial charge is 0.480 e. The van der Waals surface area contributed by atoms with Gasteiger partial charge < -0.3 is 19.6 Å². The lowest BCUT2D eigenvalue weighted by Gasteiger charge is -2.33. The first-order valence-electron chi connectivity index (χ1n) is 8.08. The molecule has 2 atom stereocenters. The molecule has 1 saturated heterocycles. The van der Waals surface area contributed by atoms with Crippen LogP contribution in [0.5, 0.6) is 5.75 Å². The lowest BCUT2D eigenvalue weighted by molar-refractivity contribution is -0.148. The third kappa shape index (κ3) is 2.93. The smallest absolute Gasteiger partial charge is 0.326 e. The first-order chi connectivity index (χ1) is 11.5. The lowest BCUT2D eigenvalue weighted by atomic mass is 10.1. The quantitative estimate of drug-likeness (QED) is 0.897. The Labute approximate surface area is 139 Å². The van der Waals surface area contributed by atoms with Crippen LogP contribution in [0.25, 0.3) is 0 Å². The maximum absolute atomic E-state index is 12.4. The van der Waals surface area contributed by atoms with Gasteiger partial charge in [-0.25, -0.2) is 4.79 Å². The van der Waals surface area contributed by atoms with Crippen LogP contribution in [0.1, 0.15) is 26.2 Å². The normalized spacial score (nSPS) is 23.0. The van der Waals surface area contributed by atoms with Gasteiger partial charge in [0.05, 0.1) is 5.69 Å². The molecule has 2 amide bonds. The molecule has 0 bridgehead atoms. The molecule has 2 heterocycles. The molecule has 3 rings (SSSR count). The highest BCUT2D eigenvalue weighted by Gasteiger charge is 2.35. The monoisotopic (exact) mass is 332 g/mol. The zero-order valence-electron chi connectivity index (χ0n) is 13.5. The number of anilines is 1. The van der Waals surface area contributed by atoms with Crippen molar-refractivity contribution in [1.82, 2.24) is 4.90 Å². The molecule has 0 spiro atoms. The number of hydrogen-bond acceptors (Lipinski definition) is 4. The molecule has 2 aliphatic rings. The second-order valence-corrected chi connectivity index (χ2v) is 6.05. The minimum absolute atomic E-state index is 0.0938. The van der Waals surface area contributed by atoms with E-state index in [-0.39, 0.29) is 24.8 Å². The van der Waals surface area contributed by atoms with Crippen LogP contribution in [0.2, 0.25) is 0 Å². The van der Waals surface area contributed by atoms with Gasteiger partial charge in [-0.2, -0.15) is 0 Å². The summed E-state index contributed by atoms with van der Waals surface area (Å²) < 4.78 is 5.57. The Morgan fingerprint density at radius 2 is 2.08 bits per heavy atom. The molecule has 0 unspecified atom stereocenters. The zero-order valence-corrected chi connectivity index (χ0v) is 13.5. The van der Waals surface area contributed by atoms with Crippen molar-refractivity contribution in [2.45, 2.75) is 38.3 Å². The SMILES string of the molecule is C[C@@H]1Oc2ccccc2N(CCC(=O)N2CCC[C@@H]2C(=O)O)C1=O. The summed E-state index contributed by atoms with van der Waals surface area (Å²) >= 11 is 0. The summed E-state index contributed by atoms with van der Waals surface area (Å²) in [5, 5.41) is 9.18. The second-order valence-electron chi connectivity index (χ2n) is 6.05. The molecule has 1 N–H and O–H groups in total. The number of likely N-dealkylation sites (tertiary alicyclic amines) is 1. The predicted molar refractivity (Wildman–Crippen MR) is 85.9 cm³/mol. The molecule has 24 heavy (non-hydrogen) atoms. The van der Waals surface area contributed by atoms with Crippen molar-refractivity contribution in [3.63, 3.8) is 0 Å². The van der Waals surface area contributed by atoms with Crippen molar-refractivity contribution in [1.29, 1.82) is 0 Å². The van der Waals surface area contributed by atoms with Gasteiger partial charge in [0, 0.05) is 19.5 Å². The van der Waals surface area contributed by atoms with E-state index in [1.165, 1.54) is 4.90 Å². The van der Waals surface area contributed by atoms with Gasteiger partial charge in [-0.15, -0.1) is 0 Å². The zero-order chi connectivity index (χ0) is 17.3. The van der Waals surface area contributed by atoms with Gasteiger partial charge >= 0.3 is 5.97 Å². The van der Waals surface area contributed by atoms with Crippen LogP contribution in [0.3, 0.4) is 0 Å². The molecule has 2 aliphatic heterocycles. The molecule has 0 radical (unpaired) electrons. The number of rotatable bonds is 4. The second kappa shape index (κ2) is 6.51. The minimum atomic E-state index is -0.970. The number of carbonyl (C=O) groups excluding carboxylic acids is 2. The summed E-state index contributed by atoms with van der Waals surface area (Å²) in [6.07, 6.45) is 0.668. The topological polar surface area (TPSA) is 87.2 Å². The van der Waals surface area contributed by atoms with Gasteiger partial charge in [-0.3, -0.25) is 9.59 Å². The average molecular weight is 332 g/mol. The molecule has 0 saturated carbocycles. The molecule has 1 aromatic rings. The number of hydrogen-bond donors (Lipinski definition) is 1. The van der Waals surface area contributed by atoms with Crippen molar-refractivity contribution in [3.05, 3.63) is 24.3 Å². The van der Waals surface area contributed by atoms with Crippen LogP contribution in [-0.2, 0) is 14.4 Å². The molecule has 7 nitrogen and oxygen atoms in total. The first-order valence-corrected chi connectivity index (χ1v) is 8.08. The number of nitrogens with zero attached hydrogens (tertiary/aromatic N) is 2. The maximum Gasteiger partial charge on any atom is 0.326 e. The molecule has 128 valence electrons. The Morgan fingerprint density at radius 3 is 2.83 bits per heavy atom. The number of carbonyl (C=O) groups is 3. The van der Waals surface area contributed by atoms with E-state index in [4.69, 9.17) is 4.74 Å². The van der Waals surface area contributed by atoms with Gasteiger partial charge in [0.25, 0.3) is 5.91 Å². The van der Waals surface area contributed by atoms with Gasteiger partial charge in [-0.05, 0) is 31.9 Å². The fourth-order valence-electron chi connectivity index (χ4n) is 3.26. The number of ether oxygens (including phenoxy) is 1. The van der Waals surface area contributed by atoms with E-state index in [1.807, 2.05) is 6.07 Å². The summed E-state index contributed by atoms with van der Waals surface area (Å²) in [5.74, 6) is -0.786. The summed E-state index contributed by atoms with van der Waals surface area (Å²) in [6, 6.07) is 6.45. The van der Waals surface area contributed by atoms with Crippen LogP contribution in [0, 0.1) is 0 Å². The maximum atomic E-state index is 12.4. The third-order valence-corrected chi connectivity index (χ3v) is 4.48. The van der Waals surface area contributed by atoms with Crippen LogP contribution in [0.4, 0.5) is 5.69 Å².